The first-order chi connectivity index (χ1) is 53.3. The Balaban J connectivity index is 0.000000168. The van der Waals surface area contributed by atoms with Crippen molar-refractivity contribution in [2.75, 3.05) is 64.0 Å². The summed E-state index contributed by atoms with van der Waals surface area (Å²) in [7, 11) is 10.3. The van der Waals surface area contributed by atoms with Crippen molar-refractivity contribution in [2.24, 2.45) is 0 Å². The van der Waals surface area contributed by atoms with Crippen LogP contribution in [0.3, 0.4) is 0 Å². The van der Waals surface area contributed by atoms with Crippen molar-refractivity contribution in [2.45, 2.75) is 20.8 Å². The van der Waals surface area contributed by atoms with Crippen LogP contribution in [0.2, 0.25) is 0 Å². The van der Waals surface area contributed by atoms with Gasteiger partial charge in [0.15, 0.2) is 17.2 Å². The van der Waals surface area contributed by atoms with Crippen LogP contribution in [0, 0.1) is 20.8 Å². The third-order valence-electron chi connectivity index (χ3n) is 15.5. The van der Waals surface area contributed by atoms with Gasteiger partial charge in [-0.2, -0.15) is 0 Å². The average Bonchev–Trinajstić information content (AvgIpc) is 0.854. The fourth-order valence-corrected chi connectivity index (χ4v) is 9.78. The van der Waals surface area contributed by atoms with E-state index < -0.39 is 29.3 Å². The molecule has 0 aliphatic rings. The van der Waals surface area contributed by atoms with Gasteiger partial charge in [0.2, 0.25) is 0 Å². The van der Waals surface area contributed by atoms with Gasteiger partial charge < -0.3 is 98.5 Å². The fraction of sp³-hybridized carbons (Fsp3) is 0.143. The van der Waals surface area contributed by atoms with Gasteiger partial charge in [0, 0.05) is 18.2 Å². The van der Waals surface area contributed by atoms with E-state index in [1.807, 2.05) is 166 Å². The molecule has 558 valence electrons. The summed E-state index contributed by atoms with van der Waals surface area (Å²) in [5.74, 6) is 12.8. The highest BCUT2D eigenvalue weighted by molar-refractivity contribution is 6.41. The maximum Gasteiger partial charge on any atom is 0.864 e. The molecule has 0 atom stereocenters. The molecule has 0 fully saturated rings. The highest BCUT2D eigenvalue weighted by atomic mass is 16.8. The Hall–Kier alpha value is -13.3. The van der Waals surface area contributed by atoms with E-state index in [0.29, 0.717) is 86.2 Å². The maximum absolute atomic E-state index is 6.02. The van der Waals surface area contributed by atoms with Crippen LogP contribution in [0.15, 0.2) is 291 Å². The van der Waals surface area contributed by atoms with Gasteiger partial charge in [-0.05, 0) is 201 Å². The van der Waals surface area contributed by atoms with Crippen LogP contribution in [0.4, 0.5) is 0 Å². The molecule has 0 saturated carbocycles. The lowest BCUT2D eigenvalue weighted by molar-refractivity contribution is 0.281. The third kappa shape index (κ3) is 25.5. The zero-order valence-corrected chi connectivity index (χ0v) is 62.6. The second-order valence-electron chi connectivity index (χ2n) is 22.9. The van der Waals surface area contributed by atoms with E-state index in [1.165, 1.54) is 0 Å². The van der Waals surface area contributed by atoms with Crippen molar-refractivity contribution < 1.29 is 98.5 Å². The van der Waals surface area contributed by atoms with E-state index in [0.717, 1.165) is 51.2 Å². The Labute approximate surface area is 638 Å². The second kappa shape index (κ2) is 42.6. The van der Waals surface area contributed by atoms with Crippen LogP contribution in [0.5, 0.6) is 121 Å². The van der Waals surface area contributed by atoms with Crippen LogP contribution in [-0.4, -0.2) is 93.3 Å². The largest absolute Gasteiger partial charge is 0.864 e. The van der Waals surface area contributed by atoms with Crippen molar-refractivity contribution in [1.29, 1.82) is 0 Å². The first-order valence-electron chi connectivity index (χ1n) is 34.2. The summed E-state index contributed by atoms with van der Waals surface area (Å²) in [6.45, 7) is 5.98. The number of aryl methyl sites for hydroxylation is 3. The number of hydrogen-bond acceptors (Lipinski definition) is 21. The lowest BCUT2D eigenvalue weighted by Gasteiger charge is -2.19. The normalized spacial score (nSPS) is 10.0. The van der Waals surface area contributed by atoms with E-state index >= 15 is 0 Å². The highest BCUT2D eigenvalue weighted by Crippen LogP contribution is 2.35. The van der Waals surface area contributed by atoms with E-state index in [2.05, 4.69) is 0 Å². The lowest BCUT2D eigenvalue weighted by Crippen LogP contribution is -2.37. The van der Waals surface area contributed by atoms with Crippen molar-refractivity contribution in [3.8, 4) is 121 Å². The van der Waals surface area contributed by atoms with E-state index in [4.69, 9.17) is 98.5 Å². The van der Waals surface area contributed by atoms with E-state index in [1.54, 1.807) is 210 Å². The molecule has 0 aliphatic heterocycles. The van der Waals surface area contributed by atoms with Gasteiger partial charge in [0.05, 0.1) is 64.0 Å². The summed E-state index contributed by atoms with van der Waals surface area (Å²) < 4.78 is 119. The molecular weight excluding hydrogens is 1390 g/mol. The zero-order valence-electron chi connectivity index (χ0n) is 62.6. The molecule has 0 saturated heterocycles. The summed E-state index contributed by atoms with van der Waals surface area (Å²) in [5, 5.41) is 0. The molecule has 12 rings (SSSR count). The first kappa shape index (κ1) is 79.8. The maximum atomic E-state index is 6.02. The quantitative estimate of drug-likeness (QED) is 0.0352. The molecule has 0 amide bonds. The summed E-state index contributed by atoms with van der Waals surface area (Å²) in [6.07, 6.45) is 0. The summed E-state index contributed by atoms with van der Waals surface area (Å²) in [5.41, 5.74) is 3.07. The number of hydrogen-bond donors (Lipinski definition) is 0. The molecule has 0 unspecified atom stereocenters. The molecule has 12 aromatic rings. The molecule has 0 spiro atoms. The number of rotatable bonds is 33. The van der Waals surface area contributed by atoms with Gasteiger partial charge in [-0.15, -0.1) is 0 Å². The molecule has 109 heavy (non-hydrogen) atoms. The molecule has 21 nitrogen and oxygen atoms in total. The Bertz CT molecular complexity index is 4210. The van der Waals surface area contributed by atoms with Gasteiger partial charge in [-0.3, -0.25) is 0 Å². The standard InChI is InChI=1S/3C21H21BO6.C21H21BO3/c1-23-16-4-10-19(11-5-16)26-22(27-20-12-6-17(24-2)7-13-20)28-21-14-8-18(25-3)9-15-21;1-23-16-7-4-10-19(13-16)26-22(27-20-11-5-8-17(14-20)24-2)28-21-12-6-9-18(15-21)25-3;1-23-16-10-4-7-13-19(16)26-22(27-20-14-8-5-11-17(20)24-2)28-21-15-9-6-12-18(21)25-3;1-16-10-4-7-13-19(16)23-22(24-20-14-8-5-11-17(20)2)25-21-15-9-6-12-18(21)3/h3*4-15H,1-3H3;4-15H,1-3H3. The Morgan fingerprint density at radius 1 is 0.147 bits per heavy atom. The number of methoxy groups -OCH3 is 9. The molecule has 0 bridgehead atoms. The SMILES string of the molecule is COc1ccc(OB(Oc2ccc(OC)cc2)Oc2ccc(OC)cc2)cc1.COc1cccc(OB(Oc2cccc(OC)c2)Oc2cccc(OC)c2)c1.COc1ccccc1OB(Oc1ccccc1OC)Oc1ccccc1OC.Cc1ccccc1OB(Oc1ccccc1C)Oc1ccccc1C. The van der Waals surface area contributed by atoms with E-state index in [9.17, 15) is 0 Å². The van der Waals surface area contributed by atoms with Crippen molar-refractivity contribution in [1.82, 2.24) is 0 Å². The molecule has 0 aromatic heterocycles. The minimum absolute atomic E-state index is 0.472. The topological polar surface area (TPSA) is 194 Å². The monoisotopic (exact) mass is 1470 g/mol. The first-order valence-corrected chi connectivity index (χ1v) is 34.2. The highest BCUT2D eigenvalue weighted by Gasteiger charge is 2.36. The molecule has 0 radical (unpaired) electrons. The number of para-hydroxylation sites is 9. The molecule has 0 heterocycles. The van der Waals surface area contributed by atoms with Crippen LogP contribution >= 0.6 is 0 Å². The van der Waals surface area contributed by atoms with Crippen LogP contribution in [0.25, 0.3) is 0 Å². The molecule has 25 heteroatoms. The van der Waals surface area contributed by atoms with Crippen LogP contribution in [0.1, 0.15) is 16.7 Å². The van der Waals surface area contributed by atoms with Gasteiger partial charge in [-0.1, -0.05) is 109 Å². The Morgan fingerprint density at radius 2 is 0.330 bits per heavy atom. The smallest absolute Gasteiger partial charge is 0.497 e. The van der Waals surface area contributed by atoms with Crippen molar-refractivity contribution in [3.63, 3.8) is 0 Å². The minimum atomic E-state index is -1.12. The summed E-state index contributed by atoms with van der Waals surface area (Å²) in [6, 6.07) is 88.2. The van der Waals surface area contributed by atoms with Crippen molar-refractivity contribution in [3.05, 3.63) is 308 Å². The molecule has 0 N–H and O–H groups in total. The zero-order chi connectivity index (χ0) is 77.0. The van der Waals surface area contributed by atoms with Gasteiger partial charge >= 0.3 is 29.3 Å². The predicted octanol–water partition coefficient (Wildman–Crippen LogP) is 17.8. The fourth-order valence-electron chi connectivity index (χ4n) is 9.78. The van der Waals surface area contributed by atoms with Gasteiger partial charge in [0.25, 0.3) is 0 Å². The molecule has 12 aromatic carbocycles. The average molecular weight is 1470 g/mol. The van der Waals surface area contributed by atoms with E-state index in [-0.39, 0.29) is 0 Å². The Morgan fingerprint density at radius 3 is 0.560 bits per heavy atom. The lowest BCUT2D eigenvalue weighted by atomic mass is 10.1. The number of benzene rings is 12. The van der Waals surface area contributed by atoms with Crippen LogP contribution in [-0.2, 0) is 0 Å². The predicted molar refractivity (Wildman–Crippen MR) is 421 cm³/mol. The summed E-state index contributed by atoms with van der Waals surface area (Å²) >= 11 is 0. The Kier molecular flexibility index (Phi) is 31.2. The molecular formula is C84H84B4O21. The number of ether oxygens (including phenoxy) is 9. The minimum Gasteiger partial charge on any atom is -0.497 e. The van der Waals surface area contributed by atoms with Crippen LogP contribution < -0.4 is 98.5 Å². The third-order valence-corrected chi connectivity index (χ3v) is 15.5. The van der Waals surface area contributed by atoms with Gasteiger partial charge in [0.1, 0.15) is 103 Å². The second-order valence-corrected chi connectivity index (χ2v) is 22.9. The van der Waals surface area contributed by atoms with Gasteiger partial charge in [-0.25, -0.2) is 0 Å². The molecule has 0 aliphatic carbocycles. The van der Waals surface area contributed by atoms with Crippen molar-refractivity contribution >= 4 is 29.3 Å². The summed E-state index contributed by atoms with van der Waals surface area (Å²) in [4.78, 5) is 0.